The van der Waals surface area contributed by atoms with Crippen LogP contribution in [0.3, 0.4) is 0 Å². The zero-order valence-corrected chi connectivity index (χ0v) is 14.1. The molecule has 0 saturated carbocycles. The molecule has 0 radical (unpaired) electrons. The summed E-state index contributed by atoms with van der Waals surface area (Å²) in [6.07, 6.45) is 0. The first-order chi connectivity index (χ1) is 10.0. The summed E-state index contributed by atoms with van der Waals surface area (Å²) in [4.78, 5) is 4.87. The molecule has 0 saturated heterocycles. The largest absolute Gasteiger partial charge is 0.492 e. The fourth-order valence-electron chi connectivity index (χ4n) is 2.10. The molecule has 2 aromatic rings. The maximum atomic E-state index is 5.76. The molecule has 0 unspecified atom stereocenters. The number of hydrogen-bond donors (Lipinski definition) is 1. The fraction of sp³-hybridized carbons (Fsp3) is 0.412. The molecule has 4 heteroatoms. The first-order valence-corrected chi connectivity index (χ1v) is 8.03. The van der Waals surface area contributed by atoms with E-state index in [4.69, 9.17) is 4.74 Å². The lowest BCUT2D eigenvalue weighted by atomic mass is 10.2. The van der Waals surface area contributed by atoms with Crippen LogP contribution in [0.5, 0.6) is 5.75 Å². The summed E-state index contributed by atoms with van der Waals surface area (Å²) in [5, 5.41) is 3.47. The predicted molar refractivity (Wildman–Crippen MR) is 91.6 cm³/mol. The van der Waals surface area contributed by atoms with Gasteiger partial charge in [-0.3, -0.25) is 0 Å². The zero-order valence-electron chi connectivity index (χ0n) is 13.3. The number of nitrogens with zero attached hydrogens (tertiary/aromatic N) is 1. The second-order valence-corrected chi connectivity index (χ2v) is 6.93. The number of anilines is 1. The minimum atomic E-state index is 0.708. The number of aryl methyl sites for hydroxylation is 2. The minimum Gasteiger partial charge on any atom is -0.492 e. The maximum Gasteiger partial charge on any atom is 0.121 e. The third-order valence-corrected chi connectivity index (χ3v) is 4.28. The van der Waals surface area contributed by atoms with Gasteiger partial charge in [-0.25, -0.2) is 0 Å². The van der Waals surface area contributed by atoms with Crippen LogP contribution in [0.15, 0.2) is 30.3 Å². The van der Waals surface area contributed by atoms with E-state index >= 15 is 0 Å². The van der Waals surface area contributed by atoms with Gasteiger partial charge in [0.25, 0.3) is 0 Å². The number of benzene rings is 1. The van der Waals surface area contributed by atoms with Gasteiger partial charge in [0.2, 0.25) is 0 Å². The Morgan fingerprint density at radius 1 is 1.19 bits per heavy atom. The Bertz CT molecular complexity index is 578. The van der Waals surface area contributed by atoms with Gasteiger partial charge in [-0.2, -0.15) is 0 Å². The van der Waals surface area contributed by atoms with E-state index in [0.717, 1.165) is 24.5 Å². The summed E-state index contributed by atoms with van der Waals surface area (Å²) in [6, 6.07) is 10.4. The van der Waals surface area contributed by atoms with Gasteiger partial charge in [0.05, 0.1) is 0 Å². The van der Waals surface area contributed by atoms with Gasteiger partial charge >= 0.3 is 0 Å². The Balaban J connectivity index is 1.90. The Morgan fingerprint density at radius 2 is 2.00 bits per heavy atom. The first kappa shape index (κ1) is 15.9. The molecule has 0 spiro atoms. The van der Waals surface area contributed by atoms with Crippen molar-refractivity contribution in [2.45, 2.75) is 20.4 Å². The Kier molecular flexibility index (Phi) is 5.65. The van der Waals surface area contributed by atoms with Crippen LogP contribution in [-0.4, -0.2) is 32.1 Å². The van der Waals surface area contributed by atoms with Crippen LogP contribution >= 0.6 is 11.3 Å². The molecular weight excluding hydrogens is 280 g/mol. The molecule has 0 bridgehead atoms. The molecule has 0 amide bonds. The number of nitrogens with one attached hydrogen (secondary N) is 1. The van der Waals surface area contributed by atoms with E-state index in [2.05, 4.69) is 42.3 Å². The van der Waals surface area contributed by atoms with Crippen molar-refractivity contribution in [3.8, 4) is 5.75 Å². The lowest BCUT2D eigenvalue weighted by Crippen LogP contribution is -2.19. The second kappa shape index (κ2) is 7.48. The lowest BCUT2D eigenvalue weighted by Gasteiger charge is -2.12. The zero-order chi connectivity index (χ0) is 15.2. The van der Waals surface area contributed by atoms with Crippen molar-refractivity contribution < 1.29 is 4.74 Å². The summed E-state index contributed by atoms with van der Waals surface area (Å²) in [7, 11) is 4.10. The predicted octanol–water partition coefficient (Wildman–Crippen LogP) is 3.92. The summed E-state index contributed by atoms with van der Waals surface area (Å²) in [5.41, 5.74) is 2.47. The van der Waals surface area contributed by atoms with Crippen molar-refractivity contribution in [3.63, 3.8) is 0 Å². The van der Waals surface area contributed by atoms with Gasteiger partial charge in [-0.15, -0.1) is 11.3 Å². The number of likely N-dealkylation sites (N-methyl/N-ethyl adjacent to an activating group) is 1. The van der Waals surface area contributed by atoms with Crippen LogP contribution in [0, 0.1) is 13.8 Å². The van der Waals surface area contributed by atoms with Gasteiger partial charge in [0.15, 0.2) is 0 Å². The molecule has 1 aromatic carbocycles. The summed E-state index contributed by atoms with van der Waals surface area (Å²) in [6.45, 7) is 6.82. The van der Waals surface area contributed by atoms with Gasteiger partial charge in [-0.05, 0) is 51.7 Å². The van der Waals surface area contributed by atoms with Crippen molar-refractivity contribution in [2.75, 3.05) is 32.6 Å². The second-order valence-electron chi connectivity index (χ2n) is 5.47. The third kappa shape index (κ3) is 5.06. The SMILES string of the molecule is Cc1cc(CNc2cccc(OCCN(C)C)c2)c(C)s1. The monoisotopic (exact) mass is 304 g/mol. The van der Waals surface area contributed by atoms with Gasteiger partial charge in [-0.1, -0.05) is 6.07 Å². The van der Waals surface area contributed by atoms with Crippen LogP contribution < -0.4 is 10.1 Å². The molecule has 114 valence electrons. The molecular formula is C17H24N2OS. The summed E-state index contributed by atoms with van der Waals surface area (Å²) < 4.78 is 5.76. The van der Waals surface area contributed by atoms with Crippen LogP contribution in [0.2, 0.25) is 0 Å². The molecule has 0 fully saturated rings. The quantitative estimate of drug-likeness (QED) is 0.839. The number of thiophene rings is 1. The van der Waals surface area contributed by atoms with Gasteiger partial charge in [0, 0.05) is 34.6 Å². The van der Waals surface area contributed by atoms with Gasteiger partial charge < -0.3 is 15.0 Å². The van der Waals surface area contributed by atoms with Gasteiger partial charge in [0.1, 0.15) is 12.4 Å². The van der Waals surface area contributed by atoms with Crippen LogP contribution in [0.1, 0.15) is 15.3 Å². The van der Waals surface area contributed by atoms with Crippen LogP contribution in [0.25, 0.3) is 0 Å². The summed E-state index contributed by atoms with van der Waals surface area (Å²) in [5.74, 6) is 0.917. The van der Waals surface area contributed by atoms with E-state index in [0.29, 0.717) is 6.61 Å². The minimum absolute atomic E-state index is 0.708. The topological polar surface area (TPSA) is 24.5 Å². The van der Waals surface area contributed by atoms with Crippen LogP contribution in [0.4, 0.5) is 5.69 Å². The van der Waals surface area contributed by atoms with E-state index in [1.165, 1.54) is 15.3 Å². The molecule has 0 aliphatic heterocycles. The molecule has 0 aliphatic carbocycles. The average molecular weight is 304 g/mol. The van der Waals surface area contributed by atoms with Crippen molar-refractivity contribution in [1.29, 1.82) is 0 Å². The standard InChI is InChI=1S/C17H24N2OS/c1-13-10-15(14(2)21-13)12-18-16-6-5-7-17(11-16)20-9-8-19(3)4/h5-7,10-11,18H,8-9,12H2,1-4H3. The van der Waals surface area contributed by atoms with E-state index in [-0.39, 0.29) is 0 Å². The summed E-state index contributed by atoms with van der Waals surface area (Å²) >= 11 is 1.85. The fourth-order valence-corrected chi connectivity index (χ4v) is 3.04. The maximum absolute atomic E-state index is 5.76. The van der Waals surface area contributed by atoms with Crippen LogP contribution in [-0.2, 0) is 6.54 Å². The van der Waals surface area contributed by atoms with E-state index < -0.39 is 0 Å². The molecule has 3 nitrogen and oxygen atoms in total. The van der Waals surface area contributed by atoms with Crippen molar-refractivity contribution >= 4 is 17.0 Å². The molecule has 21 heavy (non-hydrogen) atoms. The number of hydrogen-bond acceptors (Lipinski definition) is 4. The third-order valence-electron chi connectivity index (χ3n) is 3.27. The molecule has 1 aromatic heterocycles. The van der Waals surface area contributed by atoms with E-state index in [1.807, 2.05) is 37.6 Å². The average Bonchev–Trinajstić information content (AvgIpc) is 2.75. The van der Waals surface area contributed by atoms with E-state index in [9.17, 15) is 0 Å². The Morgan fingerprint density at radius 3 is 2.67 bits per heavy atom. The van der Waals surface area contributed by atoms with Crippen molar-refractivity contribution in [3.05, 3.63) is 45.6 Å². The molecule has 1 N–H and O–H groups in total. The molecule has 1 heterocycles. The number of rotatable bonds is 7. The van der Waals surface area contributed by atoms with E-state index in [1.54, 1.807) is 0 Å². The highest BCUT2D eigenvalue weighted by atomic mass is 32.1. The molecule has 0 atom stereocenters. The van der Waals surface area contributed by atoms with Crippen molar-refractivity contribution in [2.24, 2.45) is 0 Å². The van der Waals surface area contributed by atoms with Crippen molar-refractivity contribution in [1.82, 2.24) is 4.90 Å². The normalized spacial score (nSPS) is 10.9. The molecule has 2 rings (SSSR count). The lowest BCUT2D eigenvalue weighted by molar-refractivity contribution is 0.261. The highest BCUT2D eigenvalue weighted by Crippen LogP contribution is 2.23. The smallest absolute Gasteiger partial charge is 0.121 e. The first-order valence-electron chi connectivity index (χ1n) is 7.22. The highest BCUT2D eigenvalue weighted by Gasteiger charge is 2.03. The molecule has 0 aliphatic rings. The number of ether oxygens (including phenoxy) is 1. The Hall–Kier alpha value is -1.52. The highest BCUT2D eigenvalue weighted by molar-refractivity contribution is 7.12. The Labute approximate surface area is 131 Å².